The molecule has 2 aromatic heterocycles. The molecular weight excluding hydrogens is 342 g/mol. The second-order valence-corrected chi connectivity index (χ2v) is 7.96. The fourth-order valence-electron chi connectivity index (χ4n) is 3.07. The van der Waals surface area contributed by atoms with Crippen LogP contribution in [0.2, 0.25) is 0 Å². The Balaban J connectivity index is 1.70. The average molecular weight is 368 g/mol. The van der Waals surface area contributed by atoms with Crippen molar-refractivity contribution in [2.45, 2.75) is 40.4 Å². The molecule has 0 saturated carbocycles. The first-order valence-corrected chi connectivity index (χ1v) is 9.57. The molecule has 3 N–H and O–H groups in total. The molecule has 3 aromatic rings. The third kappa shape index (κ3) is 4.06. The zero-order valence-corrected chi connectivity index (χ0v) is 16.3. The predicted octanol–water partition coefficient (Wildman–Crippen LogP) is 3.91. The highest BCUT2D eigenvalue weighted by Crippen LogP contribution is 2.21. The lowest BCUT2D eigenvalue weighted by atomic mass is 10.1. The number of thiophene rings is 1. The Morgan fingerprint density at radius 3 is 2.38 bits per heavy atom. The van der Waals surface area contributed by atoms with Crippen molar-refractivity contribution in [3.8, 4) is 0 Å². The molecule has 1 amide bonds. The van der Waals surface area contributed by atoms with Gasteiger partial charge in [-0.1, -0.05) is 24.3 Å². The molecule has 0 saturated heterocycles. The summed E-state index contributed by atoms with van der Waals surface area (Å²) < 4.78 is 2.20. The van der Waals surface area contributed by atoms with Crippen LogP contribution in [0.5, 0.6) is 0 Å². The number of carbonyl (C=O) groups is 1. The van der Waals surface area contributed by atoms with Gasteiger partial charge in [-0.25, -0.2) is 0 Å². The summed E-state index contributed by atoms with van der Waals surface area (Å²) in [6.45, 7) is 8.03. The van der Waals surface area contributed by atoms with Crippen LogP contribution >= 0.6 is 11.3 Å². The van der Waals surface area contributed by atoms with Crippen molar-refractivity contribution >= 4 is 17.2 Å². The molecule has 0 aliphatic heterocycles. The largest absolute Gasteiger partial charge is 0.348 e. The molecule has 0 radical (unpaired) electrons. The lowest BCUT2D eigenvalue weighted by Gasteiger charge is -2.09. The smallest absolute Gasteiger partial charge is 0.253 e. The van der Waals surface area contributed by atoms with Crippen molar-refractivity contribution in [2.75, 3.05) is 0 Å². The molecule has 0 aliphatic rings. The van der Waals surface area contributed by atoms with Crippen LogP contribution in [0.25, 0.3) is 0 Å². The lowest BCUT2D eigenvalue weighted by molar-refractivity contribution is 0.0950. The van der Waals surface area contributed by atoms with Crippen LogP contribution in [0.4, 0.5) is 0 Å². The van der Waals surface area contributed by atoms with Crippen LogP contribution in [-0.4, -0.2) is 10.5 Å². The molecule has 1 aromatic carbocycles. The highest BCUT2D eigenvalue weighted by atomic mass is 32.1. The first kappa shape index (κ1) is 18.4. The number of hydrogen-bond donors (Lipinski definition) is 2. The summed E-state index contributed by atoms with van der Waals surface area (Å²) >= 11 is 1.80. The van der Waals surface area contributed by atoms with Crippen molar-refractivity contribution in [3.63, 3.8) is 0 Å². The Morgan fingerprint density at radius 1 is 1.08 bits per heavy atom. The molecule has 0 spiro atoms. The van der Waals surface area contributed by atoms with E-state index in [1.54, 1.807) is 11.3 Å². The fourth-order valence-corrected chi connectivity index (χ4v) is 3.95. The summed E-state index contributed by atoms with van der Waals surface area (Å²) in [7, 11) is 0. The van der Waals surface area contributed by atoms with Gasteiger partial charge < -0.3 is 15.6 Å². The number of benzene rings is 1. The van der Waals surface area contributed by atoms with Crippen LogP contribution in [0.1, 0.15) is 42.6 Å². The van der Waals surface area contributed by atoms with E-state index in [-0.39, 0.29) is 5.91 Å². The Hall–Kier alpha value is -2.37. The number of amides is 1. The highest BCUT2D eigenvalue weighted by Gasteiger charge is 2.16. The first-order valence-electron chi connectivity index (χ1n) is 8.76. The van der Waals surface area contributed by atoms with Crippen LogP contribution in [-0.2, 0) is 19.6 Å². The predicted molar refractivity (Wildman–Crippen MR) is 108 cm³/mol. The summed E-state index contributed by atoms with van der Waals surface area (Å²) in [5.41, 5.74) is 10.6. The maximum Gasteiger partial charge on any atom is 0.253 e. The van der Waals surface area contributed by atoms with Crippen molar-refractivity contribution < 1.29 is 4.79 Å². The number of hydrogen-bond acceptors (Lipinski definition) is 3. The Kier molecular flexibility index (Phi) is 5.59. The summed E-state index contributed by atoms with van der Waals surface area (Å²) in [6, 6.07) is 14.3. The molecule has 0 atom stereocenters. The third-order valence-corrected chi connectivity index (χ3v) is 5.63. The van der Waals surface area contributed by atoms with Gasteiger partial charge in [0.2, 0.25) is 0 Å². The van der Waals surface area contributed by atoms with Crippen molar-refractivity contribution in [1.82, 2.24) is 9.88 Å². The van der Waals surface area contributed by atoms with Gasteiger partial charge in [0.1, 0.15) is 0 Å². The van der Waals surface area contributed by atoms with Crippen molar-refractivity contribution in [1.29, 1.82) is 0 Å². The molecule has 2 heterocycles. The molecule has 0 unspecified atom stereocenters. The molecule has 0 fully saturated rings. The quantitative estimate of drug-likeness (QED) is 0.694. The first-order chi connectivity index (χ1) is 12.5. The summed E-state index contributed by atoms with van der Waals surface area (Å²) in [5.74, 6) is -0.0328. The second-order valence-electron chi connectivity index (χ2n) is 6.59. The van der Waals surface area contributed by atoms with Gasteiger partial charge in [-0.15, -0.1) is 11.3 Å². The number of nitrogens with zero attached hydrogens (tertiary/aromatic N) is 1. The van der Waals surface area contributed by atoms with Crippen LogP contribution in [0.3, 0.4) is 0 Å². The SMILES string of the molecule is Cc1ccc(Cn2c(C)cc(C(=O)NCc3ccc(CN)cc3)c2C)s1. The minimum Gasteiger partial charge on any atom is -0.348 e. The highest BCUT2D eigenvalue weighted by molar-refractivity contribution is 7.11. The second kappa shape index (κ2) is 7.89. The number of carbonyl (C=O) groups excluding carboxylic acids is 1. The van der Waals surface area contributed by atoms with E-state index in [4.69, 9.17) is 5.73 Å². The zero-order valence-electron chi connectivity index (χ0n) is 15.5. The van der Waals surface area contributed by atoms with E-state index >= 15 is 0 Å². The normalized spacial score (nSPS) is 10.9. The van der Waals surface area contributed by atoms with Gasteiger partial charge in [0.15, 0.2) is 0 Å². The maximum absolute atomic E-state index is 12.6. The molecular formula is C21H25N3OS. The molecule has 4 nitrogen and oxygen atoms in total. The number of aromatic nitrogens is 1. The number of nitrogens with one attached hydrogen (secondary N) is 1. The Bertz CT molecular complexity index is 906. The van der Waals surface area contributed by atoms with E-state index in [1.807, 2.05) is 37.3 Å². The molecule has 26 heavy (non-hydrogen) atoms. The summed E-state index contributed by atoms with van der Waals surface area (Å²) in [5, 5.41) is 3.02. The van der Waals surface area contributed by atoms with E-state index < -0.39 is 0 Å². The van der Waals surface area contributed by atoms with E-state index in [0.717, 1.165) is 34.6 Å². The zero-order chi connectivity index (χ0) is 18.7. The summed E-state index contributed by atoms with van der Waals surface area (Å²) in [6.07, 6.45) is 0. The van der Waals surface area contributed by atoms with Gasteiger partial charge in [0.25, 0.3) is 5.91 Å². The van der Waals surface area contributed by atoms with Gasteiger partial charge in [-0.3, -0.25) is 4.79 Å². The van der Waals surface area contributed by atoms with Crippen LogP contribution < -0.4 is 11.1 Å². The van der Waals surface area contributed by atoms with E-state index in [1.165, 1.54) is 9.75 Å². The van der Waals surface area contributed by atoms with E-state index in [9.17, 15) is 4.79 Å². The molecule has 3 rings (SSSR count). The van der Waals surface area contributed by atoms with Crippen LogP contribution in [0.15, 0.2) is 42.5 Å². The Labute approximate surface area is 158 Å². The lowest BCUT2D eigenvalue weighted by Crippen LogP contribution is -2.23. The molecule has 136 valence electrons. The topological polar surface area (TPSA) is 60.0 Å². The standard InChI is InChI=1S/C21H25N3OS/c1-14-10-20(16(3)24(14)13-19-9-4-15(2)26-19)21(25)23-12-18-7-5-17(11-22)6-8-18/h4-10H,11-13,22H2,1-3H3,(H,23,25). The minimum atomic E-state index is -0.0328. The van der Waals surface area contributed by atoms with Gasteiger partial charge >= 0.3 is 0 Å². The minimum absolute atomic E-state index is 0.0328. The number of aryl methyl sites for hydroxylation is 2. The number of nitrogens with two attached hydrogens (primary N) is 1. The van der Waals surface area contributed by atoms with Gasteiger partial charge in [0, 0.05) is 34.2 Å². The van der Waals surface area contributed by atoms with Gasteiger partial charge in [-0.2, -0.15) is 0 Å². The monoisotopic (exact) mass is 367 g/mol. The Morgan fingerprint density at radius 2 is 1.77 bits per heavy atom. The van der Waals surface area contributed by atoms with Gasteiger partial charge in [-0.05, 0) is 50.1 Å². The molecule has 0 aliphatic carbocycles. The van der Waals surface area contributed by atoms with Crippen molar-refractivity contribution in [2.24, 2.45) is 5.73 Å². The summed E-state index contributed by atoms with van der Waals surface area (Å²) in [4.78, 5) is 15.3. The molecule has 0 bridgehead atoms. The van der Waals surface area contributed by atoms with E-state index in [2.05, 4.69) is 35.9 Å². The molecule has 5 heteroatoms. The van der Waals surface area contributed by atoms with Gasteiger partial charge in [0.05, 0.1) is 12.1 Å². The number of rotatable bonds is 6. The average Bonchev–Trinajstić information content (AvgIpc) is 3.18. The third-order valence-electron chi connectivity index (χ3n) is 4.64. The van der Waals surface area contributed by atoms with Crippen LogP contribution in [0, 0.1) is 20.8 Å². The maximum atomic E-state index is 12.6. The fraction of sp³-hybridized carbons (Fsp3) is 0.286. The van der Waals surface area contributed by atoms with E-state index in [0.29, 0.717) is 13.1 Å². The van der Waals surface area contributed by atoms with Crippen molar-refractivity contribution in [3.05, 3.63) is 80.3 Å².